The molecule has 0 saturated carbocycles. The minimum atomic E-state index is -1.04. The highest BCUT2D eigenvalue weighted by atomic mass is 79.9. The second kappa shape index (κ2) is 4.07. The highest BCUT2D eigenvalue weighted by molar-refractivity contribution is 9.10. The number of likely N-dealkylation sites (tertiary alicyclic amines) is 1. The normalized spacial score (nSPS) is 24.8. The average molecular weight is 286 g/mol. The van der Waals surface area contributed by atoms with E-state index in [0.29, 0.717) is 13.0 Å². The molecule has 86 valence electrons. The molecule has 1 unspecified atom stereocenters. The first-order valence-corrected chi connectivity index (χ1v) is 5.77. The van der Waals surface area contributed by atoms with Gasteiger partial charge in [0.1, 0.15) is 5.60 Å². The lowest BCUT2D eigenvalue weighted by Crippen LogP contribution is -2.33. The predicted octanol–water partition coefficient (Wildman–Crippen LogP) is 2.02. The molecule has 0 aromatic heterocycles. The van der Waals surface area contributed by atoms with Crippen molar-refractivity contribution in [3.63, 3.8) is 0 Å². The standard InChI is InChI=1S/C11H12BrNO3/c12-9-3-1-8(2-4-9)11(16)5-6-13(7-11)10(14)15/h1-4,16H,5-7H2,(H,14,15). The molecule has 1 fully saturated rings. The molecular formula is C11H12BrNO3. The van der Waals surface area contributed by atoms with E-state index in [1.165, 1.54) is 4.90 Å². The molecule has 1 aliphatic heterocycles. The van der Waals surface area contributed by atoms with Crippen LogP contribution in [0.3, 0.4) is 0 Å². The molecule has 2 rings (SSSR count). The summed E-state index contributed by atoms with van der Waals surface area (Å²) < 4.78 is 0.938. The van der Waals surface area contributed by atoms with Gasteiger partial charge in [0, 0.05) is 11.0 Å². The molecule has 1 aromatic carbocycles. The third-order valence-corrected chi connectivity index (χ3v) is 3.43. The number of amides is 1. The Morgan fingerprint density at radius 3 is 2.50 bits per heavy atom. The lowest BCUT2D eigenvalue weighted by molar-refractivity contribution is 0.0459. The summed E-state index contributed by atoms with van der Waals surface area (Å²) in [7, 11) is 0. The summed E-state index contributed by atoms with van der Waals surface area (Å²) in [5.41, 5.74) is -0.279. The number of benzene rings is 1. The molecule has 0 radical (unpaired) electrons. The number of β-amino-alcohol motifs (C(OH)–C–C–N with tert-alkyl or cyclic N) is 1. The molecule has 1 atom stereocenters. The minimum absolute atomic E-state index is 0.143. The maximum atomic E-state index is 10.8. The van der Waals surface area contributed by atoms with Crippen LogP contribution in [-0.2, 0) is 5.60 Å². The zero-order valence-electron chi connectivity index (χ0n) is 8.56. The van der Waals surface area contributed by atoms with Crippen LogP contribution in [-0.4, -0.2) is 34.3 Å². The molecule has 1 heterocycles. The highest BCUT2D eigenvalue weighted by Gasteiger charge is 2.39. The van der Waals surface area contributed by atoms with Gasteiger partial charge in [0.2, 0.25) is 0 Å². The molecule has 1 aliphatic rings. The van der Waals surface area contributed by atoms with Crippen LogP contribution in [0, 0.1) is 0 Å². The van der Waals surface area contributed by atoms with Gasteiger partial charge in [-0.15, -0.1) is 0 Å². The highest BCUT2D eigenvalue weighted by Crippen LogP contribution is 2.32. The first kappa shape index (κ1) is 11.4. The molecule has 1 saturated heterocycles. The topological polar surface area (TPSA) is 60.8 Å². The van der Waals surface area contributed by atoms with Gasteiger partial charge in [0.05, 0.1) is 6.54 Å². The van der Waals surface area contributed by atoms with Crippen molar-refractivity contribution in [3.05, 3.63) is 34.3 Å². The van der Waals surface area contributed by atoms with Gasteiger partial charge in [0.15, 0.2) is 0 Å². The quantitative estimate of drug-likeness (QED) is 0.830. The number of carbonyl (C=O) groups is 1. The summed E-state index contributed by atoms with van der Waals surface area (Å²) in [6, 6.07) is 7.32. The van der Waals surface area contributed by atoms with E-state index < -0.39 is 11.7 Å². The van der Waals surface area contributed by atoms with Crippen molar-refractivity contribution in [3.8, 4) is 0 Å². The van der Waals surface area contributed by atoms with E-state index in [0.717, 1.165) is 10.0 Å². The van der Waals surface area contributed by atoms with Crippen molar-refractivity contribution in [2.75, 3.05) is 13.1 Å². The van der Waals surface area contributed by atoms with Gasteiger partial charge in [-0.05, 0) is 24.1 Å². The van der Waals surface area contributed by atoms with Crippen molar-refractivity contribution >= 4 is 22.0 Å². The molecule has 5 heteroatoms. The largest absolute Gasteiger partial charge is 0.465 e. The summed E-state index contributed by atoms with van der Waals surface area (Å²) in [5, 5.41) is 19.2. The van der Waals surface area contributed by atoms with Gasteiger partial charge in [-0.2, -0.15) is 0 Å². The van der Waals surface area contributed by atoms with Gasteiger partial charge in [-0.3, -0.25) is 0 Å². The average Bonchev–Trinajstić information content (AvgIpc) is 2.63. The van der Waals surface area contributed by atoms with Crippen molar-refractivity contribution in [2.45, 2.75) is 12.0 Å². The maximum absolute atomic E-state index is 10.8. The van der Waals surface area contributed by atoms with Crippen molar-refractivity contribution < 1.29 is 15.0 Å². The summed E-state index contributed by atoms with van der Waals surface area (Å²) in [4.78, 5) is 12.0. The predicted molar refractivity (Wildman–Crippen MR) is 62.3 cm³/mol. The molecular weight excluding hydrogens is 274 g/mol. The van der Waals surface area contributed by atoms with Gasteiger partial charge in [-0.25, -0.2) is 4.79 Å². The van der Waals surface area contributed by atoms with E-state index in [-0.39, 0.29) is 6.54 Å². The van der Waals surface area contributed by atoms with Crippen LogP contribution in [0.25, 0.3) is 0 Å². The first-order valence-electron chi connectivity index (χ1n) is 4.97. The first-order chi connectivity index (χ1) is 7.51. The second-order valence-electron chi connectivity index (χ2n) is 3.99. The number of hydrogen-bond acceptors (Lipinski definition) is 2. The Balaban J connectivity index is 2.21. The fraction of sp³-hybridized carbons (Fsp3) is 0.364. The number of rotatable bonds is 1. The number of aliphatic hydroxyl groups is 1. The Kier molecular flexibility index (Phi) is 2.90. The van der Waals surface area contributed by atoms with Crippen LogP contribution in [0.4, 0.5) is 4.79 Å². The third-order valence-electron chi connectivity index (χ3n) is 2.90. The zero-order chi connectivity index (χ0) is 11.8. The Hall–Kier alpha value is -1.07. The fourth-order valence-electron chi connectivity index (χ4n) is 1.95. The van der Waals surface area contributed by atoms with Crippen molar-refractivity contribution in [2.24, 2.45) is 0 Å². The summed E-state index contributed by atoms with van der Waals surface area (Å²) in [6.45, 7) is 0.520. The molecule has 4 nitrogen and oxygen atoms in total. The number of hydrogen-bond donors (Lipinski definition) is 2. The van der Waals surface area contributed by atoms with Crippen LogP contribution < -0.4 is 0 Å². The van der Waals surface area contributed by atoms with Gasteiger partial charge in [0.25, 0.3) is 0 Å². The number of halogens is 1. The molecule has 0 bridgehead atoms. The van der Waals surface area contributed by atoms with Crippen LogP contribution in [0.15, 0.2) is 28.7 Å². The van der Waals surface area contributed by atoms with E-state index in [4.69, 9.17) is 5.11 Å². The van der Waals surface area contributed by atoms with Crippen molar-refractivity contribution in [1.82, 2.24) is 4.90 Å². The summed E-state index contributed by atoms with van der Waals surface area (Å²) in [5.74, 6) is 0. The molecule has 16 heavy (non-hydrogen) atoms. The fourth-order valence-corrected chi connectivity index (χ4v) is 2.22. The number of carboxylic acid groups (broad SMARTS) is 1. The van der Waals surface area contributed by atoms with E-state index in [1.54, 1.807) is 0 Å². The molecule has 1 aromatic rings. The Bertz CT molecular complexity index is 406. The van der Waals surface area contributed by atoms with E-state index >= 15 is 0 Å². The van der Waals surface area contributed by atoms with Crippen molar-refractivity contribution in [1.29, 1.82) is 0 Å². The molecule has 0 aliphatic carbocycles. The van der Waals surface area contributed by atoms with Gasteiger partial charge in [-0.1, -0.05) is 28.1 Å². The Labute approximate surface area is 102 Å². The van der Waals surface area contributed by atoms with Crippen LogP contribution >= 0.6 is 15.9 Å². The summed E-state index contributed by atoms with van der Waals surface area (Å²) in [6.07, 6.45) is -0.533. The van der Waals surface area contributed by atoms with Crippen LogP contribution in [0.2, 0.25) is 0 Å². The third kappa shape index (κ3) is 2.05. The Morgan fingerprint density at radius 2 is 2.00 bits per heavy atom. The molecule has 1 amide bonds. The van der Waals surface area contributed by atoms with E-state index in [9.17, 15) is 9.90 Å². The van der Waals surface area contributed by atoms with Gasteiger partial charge < -0.3 is 15.1 Å². The van der Waals surface area contributed by atoms with E-state index in [1.807, 2.05) is 24.3 Å². The zero-order valence-corrected chi connectivity index (χ0v) is 10.1. The lowest BCUT2D eigenvalue weighted by atomic mass is 9.93. The monoisotopic (exact) mass is 285 g/mol. The number of nitrogens with zero attached hydrogens (tertiary/aromatic N) is 1. The Morgan fingerprint density at radius 1 is 1.38 bits per heavy atom. The molecule has 0 spiro atoms. The summed E-state index contributed by atoms with van der Waals surface area (Å²) >= 11 is 3.32. The van der Waals surface area contributed by atoms with E-state index in [2.05, 4.69) is 15.9 Å². The van der Waals surface area contributed by atoms with Gasteiger partial charge >= 0.3 is 6.09 Å². The molecule has 2 N–H and O–H groups in total. The SMILES string of the molecule is O=C(O)N1CCC(O)(c2ccc(Br)cc2)C1. The maximum Gasteiger partial charge on any atom is 0.407 e. The minimum Gasteiger partial charge on any atom is -0.465 e. The van der Waals surface area contributed by atoms with Crippen LogP contribution in [0.5, 0.6) is 0 Å². The van der Waals surface area contributed by atoms with Crippen LogP contribution in [0.1, 0.15) is 12.0 Å². The smallest absolute Gasteiger partial charge is 0.407 e. The second-order valence-corrected chi connectivity index (χ2v) is 4.91. The lowest BCUT2D eigenvalue weighted by Gasteiger charge is -2.22.